The third kappa shape index (κ3) is 5.39. The third-order valence-corrected chi connectivity index (χ3v) is 7.24. The quantitative estimate of drug-likeness (QED) is 0.807. The topological polar surface area (TPSA) is 65.5 Å². The Morgan fingerprint density at radius 3 is 2.43 bits per heavy atom. The standard InChI is InChI=1S/C24H36N4O2/c29-23(26-17-21-10-4-5-13-25-21)20-9-6-14-28(18-20)22-11-15-27(16-12-22)24(30)19-7-2-1-3-8-19/h4-5,10,13,19-20,22H,1-3,6-9,11-12,14-18H2,(H,26,29)/t20-/m1/s1. The van der Waals surface area contributed by atoms with E-state index in [9.17, 15) is 9.59 Å². The number of amides is 2. The van der Waals surface area contributed by atoms with Gasteiger partial charge in [0.2, 0.25) is 11.8 Å². The molecule has 2 saturated heterocycles. The molecule has 164 valence electrons. The fraction of sp³-hybridized carbons (Fsp3) is 0.708. The van der Waals surface area contributed by atoms with Gasteiger partial charge in [0.05, 0.1) is 18.2 Å². The molecular weight excluding hydrogens is 376 g/mol. The minimum atomic E-state index is 0.0596. The van der Waals surface area contributed by atoms with Crippen LogP contribution in [0.3, 0.4) is 0 Å². The normalized spacial score (nSPS) is 24.5. The number of carbonyl (C=O) groups is 2. The van der Waals surface area contributed by atoms with Gasteiger partial charge in [-0.25, -0.2) is 0 Å². The number of carbonyl (C=O) groups excluding carboxylic acids is 2. The second kappa shape index (κ2) is 10.4. The van der Waals surface area contributed by atoms with Crippen LogP contribution in [0.4, 0.5) is 0 Å². The average molecular weight is 413 g/mol. The maximum Gasteiger partial charge on any atom is 0.225 e. The molecule has 3 aliphatic rings. The first-order valence-corrected chi connectivity index (χ1v) is 11.9. The fourth-order valence-corrected chi connectivity index (χ4v) is 5.44. The summed E-state index contributed by atoms with van der Waals surface area (Å²) in [5.74, 6) is 0.885. The molecule has 6 heteroatoms. The SMILES string of the molecule is O=C(NCc1ccccn1)[C@@H]1CCCN(C2CCN(C(=O)C3CCCCC3)CC2)C1. The van der Waals surface area contributed by atoms with Gasteiger partial charge in [-0.15, -0.1) is 0 Å². The van der Waals surface area contributed by atoms with E-state index in [0.29, 0.717) is 18.5 Å². The van der Waals surface area contributed by atoms with Crippen molar-refractivity contribution in [1.29, 1.82) is 0 Å². The van der Waals surface area contributed by atoms with Gasteiger partial charge in [-0.1, -0.05) is 25.3 Å². The Hall–Kier alpha value is -1.95. The van der Waals surface area contributed by atoms with Crippen molar-refractivity contribution in [1.82, 2.24) is 20.1 Å². The van der Waals surface area contributed by atoms with Crippen LogP contribution in [0.15, 0.2) is 24.4 Å². The first kappa shape index (κ1) is 21.3. The van der Waals surface area contributed by atoms with Crippen LogP contribution in [-0.4, -0.2) is 58.8 Å². The molecule has 3 heterocycles. The fourth-order valence-electron chi connectivity index (χ4n) is 5.44. The van der Waals surface area contributed by atoms with E-state index in [1.54, 1.807) is 6.20 Å². The molecule has 0 spiro atoms. The first-order valence-electron chi connectivity index (χ1n) is 11.9. The van der Waals surface area contributed by atoms with Gasteiger partial charge in [-0.3, -0.25) is 19.5 Å². The van der Waals surface area contributed by atoms with Crippen LogP contribution in [0, 0.1) is 11.8 Å². The molecule has 2 aliphatic heterocycles. The number of hydrogen-bond donors (Lipinski definition) is 1. The minimum Gasteiger partial charge on any atom is -0.350 e. The molecule has 0 bridgehead atoms. The lowest BCUT2D eigenvalue weighted by atomic mass is 9.87. The molecule has 6 nitrogen and oxygen atoms in total. The van der Waals surface area contributed by atoms with Crippen LogP contribution in [0.1, 0.15) is 63.5 Å². The summed E-state index contributed by atoms with van der Waals surface area (Å²) in [6.07, 6.45) is 11.8. The van der Waals surface area contributed by atoms with Crippen molar-refractivity contribution in [2.45, 2.75) is 70.4 Å². The number of aromatic nitrogens is 1. The van der Waals surface area contributed by atoms with Gasteiger partial charge in [0, 0.05) is 37.8 Å². The van der Waals surface area contributed by atoms with E-state index < -0.39 is 0 Å². The van der Waals surface area contributed by atoms with Crippen molar-refractivity contribution in [3.05, 3.63) is 30.1 Å². The van der Waals surface area contributed by atoms with Crippen molar-refractivity contribution < 1.29 is 9.59 Å². The average Bonchev–Trinajstić information content (AvgIpc) is 2.83. The summed E-state index contributed by atoms with van der Waals surface area (Å²) < 4.78 is 0. The van der Waals surface area contributed by atoms with Gasteiger partial charge >= 0.3 is 0 Å². The van der Waals surface area contributed by atoms with Crippen molar-refractivity contribution >= 4 is 11.8 Å². The molecule has 1 aromatic rings. The van der Waals surface area contributed by atoms with Gasteiger partial charge in [0.25, 0.3) is 0 Å². The predicted octanol–water partition coefficient (Wildman–Crippen LogP) is 2.98. The van der Waals surface area contributed by atoms with E-state index in [0.717, 1.165) is 70.4 Å². The van der Waals surface area contributed by atoms with Crippen LogP contribution in [-0.2, 0) is 16.1 Å². The second-order valence-electron chi connectivity index (χ2n) is 9.26. The van der Waals surface area contributed by atoms with Crippen LogP contribution in [0.2, 0.25) is 0 Å². The third-order valence-electron chi connectivity index (χ3n) is 7.24. The maximum absolute atomic E-state index is 12.8. The molecule has 0 unspecified atom stereocenters. The summed E-state index contributed by atoms with van der Waals surface area (Å²) >= 11 is 0. The molecule has 1 N–H and O–H groups in total. The summed E-state index contributed by atoms with van der Waals surface area (Å²) in [5.41, 5.74) is 0.897. The van der Waals surface area contributed by atoms with Crippen molar-refractivity contribution in [2.24, 2.45) is 11.8 Å². The van der Waals surface area contributed by atoms with Crippen molar-refractivity contribution in [3.63, 3.8) is 0 Å². The zero-order chi connectivity index (χ0) is 20.8. The zero-order valence-electron chi connectivity index (χ0n) is 18.1. The monoisotopic (exact) mass is 412 g/mol. The van der Waals surface area contributed by atoms with Gasteiger partial charge in [0.15, 0.2) is 0 Å². The van der Waals surface area contributed by atoms with Gasteiger partial charge < -0.3 is 10.2 Å². The number of hydrogen-bond acceptors (Lipinski definition) is 4. The smallest absolute Gasteiger partial charge is 0.225 e. The van der Waals surface area contributed by atoms with E-state index in [-0.39, 0.29) is 17.7 Å². The van der Waals surface area contributed by atoms with E-state index in [1.807, 2.05) is 18.2 Å². The highest BCUT2D eigenvalue weighted by atomic mass is 16.2. The molecule has 0 aromatic carbocycles. The largest absolute Gasteiger partial charge is 0.350 e. The van der Waals surface area contributed by atoms with Gasteiger partial charge in [-0.2, -0.15) is 0 Å². The number of rotatable bonds is 5. The van der Waals surface area contributed by atoms with Crippen LogP contribution >= 0.6 is 0 Å². The highest BCUT2D eigenvalue weighted by Gasteiger charge is 2.34. The highest BCUT2D eigenvalue weighted by Crippen LogP contribution is 2.28. The number of piperidine rings is 2. The number of likely N-dealkylation sites (tertiary alicyclic amines) is 2. The van der Waals surface area contributed by atoms with Crippen LogP contribution in [0.25, 0.3) is 0 Å². The lowest BCUT2D eigenvalue weighted by molar-refractivity contribution is -0.138. The molecule has 1 aromatic heterocycles. The van der Waals surface area contributed by atoms with Gasteiger partial charge in [0.1, 0.15) is 0 Å². The Morgan fingerprint density at radius 2 is 1.70 bits per heavy atom. The summed E-state index contributed by atoms with van der Waals surface area (Å²) in [7, 11) is 0. The Labute approximate surface area is 180 Å². The molecule has 1 saturated carbocycles. The van der Waals surface area contributed by atoms with Crippen LogP contribution in [0.5, 0.6) is 0 Å². The Bertz CT molecular complexity index is 696. The summed E-state index contributed by atoms with van der Waals surface area (Å²) in [6, 6.07) is 6.28. The molecule has 1 atom stereocenters. The number of nitrogens with one attached hydrogen (secondary N) is 1. The summed E-state index contributed by atoms with van der Waals surface area (Å²) in [5, 5.41) is 3.07. The molecular formula is C24H36N4O2. The zero-order valence-corrected chi connectivity index (χ0v) is 18.1. The maximum atomic E-state index is 12.8. The van der Waals surface area contributed by atoms with Crippen LogP contribution < -0.4 is 5.32 Å². The molecule has 2 amide bonds. The molecule has 30 heavy (non-hydrogen) atoms. The van der Waals surface area contributed by atoms with E-state index in [2.05, 4.69) is 20.1 Å². The molecule has 0 radical (unpaired) electrons. The Balaban J connectivity index is 1.23. The number of pyridine rings is 1. The minimum absolute atomic E-state index is 0.0596. The van der Waals surface area contributed by atoms with Crippen molar-refractivity contribution in [2.75, 3.05) is 26.2 Å². The van der Waals surface area contributed by atoms with E-state index in [4.69, 9.17) is 0 Å². The predicted molar refractivity (Wildman–Crippen MR) is 117 cm³/mol. The van der Waals surface area contributed by atoms with E-state index in [1.165, 1.54) is 19.3 Å². The second-order valence-corrected chi connectivity index (χ2v) is 9.26. The molecule has 1 aliphatic carbocycles. The van der Waals surface area contributed by atoms with Gasteiger partial charge in [-0.05, 0) is 57.2 Å². The Kier molecular flexibility index (Phi) is 7.37. The molecule has 3 fully saturated rings. The molecule has 4 rings (SSSR count). The summed E-state index contributed by atoms with van der Waals surface area (Å²) in [6.45, 7) is 4.18. The lowest BCUT2D eigenvalue weighted by Crippen LogP contribution is -2.52. The first-order chi connectivity index (χ1) is 14.7. The number of nitrogens with zero attached hydrogens (tertiary/aromatic N) is 3. The van der Waals surface area contributed by atoms with Crippen molar-refractivity contribution in [3.8, 4) is 0 Å². The van der Waals surface area contributed by atoms with E-state index >= 15 is 0 Å². The Morgan fingerprint density at radius 1 is 0.933 bits per heavy atom. The highest BCUT2D eigenvalue weighted by molar-refractivity contribution is 5.79. The summed E-state index contributed by atoms with van der Waals surface area (Å²) in [4.78, 5) is 34.4. The lowest BCUT2D eigenvalue weighted by Gasteiger charge is -2.42.